The molecule has 1 aliphatic carbocycles. The Hall–Kier alpha value is -3.00. The molecule has 4 rings (SSSR count). The molecule has 0 aromatic heterocycles. The molecule has 32 heavy (non-hydrogen) atoms. The molecule has 0 radical (unpaired) electrons. The van der Waals surface area contributed by atoms with E-state index in [1.165, 1.54) is 6.07 Å². The van der Waals surface area contributed by atoms with E-state index >= 15 is 0 Å². The summed E-state index contributed by atoms with van der Waals surface area (Å²) in [7, 11) is 0. The summed E-state index contributed by atoms with van der Waals surface area (Å²) in [5, 5.41) is 0. The first-order valence-electron chi connectivity index (χ1n) is 10.4. The van der Waals surface area contributed by atoms with Gasteiger partial charge >= 0.3 is 0 Å². The lowest BCUT2D eigenvalue weighted by molar-refractivity contribution is -0.128. The number of para-hydroxylation sites is 1. The highest BCUT2D eigenvalue weighted by Gasteiger charge is 2.34. The zero-order valence-corrected chi connectivity index (χ0v) is 19.3. The van der Waals surface area contributed by atoms with E-state index < -0.39 is 11.9 Å². The second-order valence-electron chi connectivity index (χ2n) is 8.15. The standard InChI is InChI=1S/C24H23BrFN3O3/c1-13-7-8-16(11-19(13)26)14(2)29-20-6-4-3-5-17(20)22(25)18(12-21(29)30)24(32)28-27-23(31)15-9-10-15/h3-8,11,14-15H,9-10,12H2,1-2H3,(H,27,31)(H,28,32). The van der Waals surface area contributed by atoms with E-state index in [9.17, 15) is 18.8 Å². The molecule has 2 N–H and O–H groups in total. The van der Waals surface area contributed by atoms with Crippen molar-refractivity contribution in [3.05, 3.63) is 70.5 Å². The van der Waals surface area contributed by atoms with E-state index in [-0.39, 0.29) is 35.5 Å². The van der Waals surface area contributed by atoms with Crippen molar-refractivity contribution < 1.29 is 18.8 Å². The Morgan fingerprint density at radius 1 is 1.16 bits per heavy atom. The highest BCUT2D eigenvalue weighted by atomic mass is 79.9. The fourth-order valence-electron chi connectivity index (χ4n) is 3.74. The molecule has 3 amide bonds. The number of nitrogens with zero attached hydrogens (tertiary/aromatic N) is 1. The van der Waals surface area contributed by atoms with E-state index in [2.05, 4.69) is 26.8 Å². The third-order valence-electron chi connectivity index (χ3n) is 5.85. The Morgan fingerprint density at radius 3 is 2.56 bits per heavy atom. The Balaban J connectivity index is 1.66. The number of halogens is 2. The molecule has 0 saturated heterocycles. The van der Waals surface area contributed by atoms with Gasteiger partial charge in [-0.05, 0) is 65.9 Å². The van der Waals surface area contributed by atoms with E-state index in [0.29, 0.717) is 26.9 Å². The van der Waals surface area contributed by atoms with Gasteiger partial charge in [-0.25, -0.2) is 4.39 Å². The van der Waals surface area contributed by atoms with Gasteiger partial charge in [-0.15, -0.1) is 0 Å². The van der Waals surface area contributed by atoms with Gasteiger partial charge in [0, 0.05) is 21.5 Å². The number of carbonyl (C=O) groups is 3. The molecule has 1 fully saturated rings. The van der Waals surface area contributed by atoms with Gasteiger partial charge in [0.1, 0.15) is 5.82 Å². The second kappa shape index (κ2) is 8.86. The number of hydrogen-bond donors (Lipinski definition) is 2. The fourth-order valence-corrected chi connectivity index (χ4v) is 4.40. The summed E-state index contributed by atoms with van der Waals surface area (Å²) in [5.74, 6) is -1.48. The molecule has 2 aromatic carbocycles. The lowest BCUT2D eigenvalue weighted by Crippen LogP contribution is -2.43. The van der Waals surface area contributed by atoms with Crippen LogP contribution >= 0.6 is 15.9 Å². The van der Waals surface area contributed by atoms with Crippen LogP contribution in [-0.4, -0.2) is 17.7 Å². The molecule has 1 atom stereocenters. The van der Waals surface area contributed by atoms with Crippen LogP contribution in [0.1, 0.15) is 48.9 Å². The van der Waals surface area contributed by atoms with Gasteiger partial charge < -0.3 is 4.90 Å². The van der Waals surface area contributed by atoms with Crippen molar-refractivity contribution in [2.75, 3.05) is 4.90 Å². The van der Waals surface area contributed by atoms with Crippen LogP contribution in [0.5, 0.6) is 0 Å². The van der Waals surface area contributed by atoms with Crippen molar-refractivity contribution in [1.82, 2.24) is 10.9 Å². The number of hydrogen-bond acceptors (Lipinski definition) is 3. The molecule has 0 spiro atoms. The van der Waals surface area contributed by atoms with Gasteiger partial charge in [0.25, 0.3) is 5.91 Å². The number of rotatable bonds is 4. The molecule has 2 aliphatic rings. The zero-order valence-electron chi connectivity index (χ0n) is 17.7. The summed E-state index contributed by atoms with van der Waals surface area (Å²) in [4.78, 5) is 39.7. The van der Waals surface area contributed by atoms with Gasteiger partial charge in [0.15, 0.2) is 0 Å². The van der Waals surface area contributed by atoms with Crippen LogP contribution < -0.4 is 15.8 Å². The Bertz CT molecular complexity index is 1140. The zero-order chi connectivity index (χ0) is 23.0. The average Bonchev–Trinajstić information content (AvgIpc) is 3.63. The number of benzene rings is 2. The SMILES string of the molecule is Cc1ccc(C(C)N2C(=O)CC(C(=O)NNC(=O)C3CC3)=C(Br)c3ccccc32)cc1F. The monoisotopic (exact) mass is 499 g/mol. The summed E-state index contributed by atoms with van der Waals surface area (Å²) < 4.78 is 14.7. The predicted octanol–water partition coefficient (Wildman–Crippen LogP) is 4.30. The Morgan fingerprint density at radius 2 is 1.88 bits per heavy atom. The van der Waals surface area contributed by atoms with Gasteiger partial charge in [0.2, 0.25) is 11.8 Å². The first-order valence-corrected chi connectivity index (χ1v) is 11.2. The van der Waals surface area contributed by atoms with E-state index in [1.54, 1.807) is 30.0 Å². The fraction of sp³-hybridized carbons (Fsp3) is 0.292. The van der Waals surface area contributed by atoms with Crippen LogP contribution in [-0.2, 0) is 14.4 Å². The van der Waals surface area contributed by atoms with Crippen LogP contribution in [0.15, 0.2) is 48.0 Å². The first-order chi connectivity index (χ1) is 15.3. The molecular weight excluding hydrogens is 477 g/mol. The van der Waals surface area contributed by atoms with Crippen molar-refractivity contribution >= 4 is 43.8 Å². The summed E-state index contributed by atoms with van der Waals surface area (Å²) in [6.07, 6.45) is 1.44. The third-order valence-corrected chi connectivity index (χ3v) is 6.75. The van der Waals surface area contributed by atoms with E-state index in [1.807, 2.05) is 25.1 Å². The maximum Gasteiger partial charge on any atom is 0.267 e. The normalized spacial score (nSPS) is 16.9. The number of anilines is 1. The maximum absolute atomic E-state index is 14.2. The number of fused-ring (bicyclic) bond motifs is 1. The van der Waals surface area contributed by atoms with Gasteiger partial charge in [-0.1, -0.05) is 30.3 Å². The maximum atomic E-state index is 14.2. The molecule has 1 aliphatic heterocycles. The summed E-state index contributed by atoms with van der Waals surface area (Å²) >= 11 is 3.50. The van der Waals surface area contributed by atoms with Crippen molar-refractivity contribution in [3.8, 4) is 0 Å². The topological polar surface area (TPSA) is 78.5 Å². The van der Waals surface area contributed by atoms with Gasteiger partial charge in [0.05, 0.1) is 18.2 Å². The van der Waals surface area contributed by atoms with Crippen molar-refractivity contribution in [2.24, 2.45) is 5.92 Å². The van der Waals surface area contributed by atoms with Crippen LogP contribution in [0.2, 0.25) is 0 Å². The second-order valence-corrected chi connectivity index (χ2v) is 8.95. The van der Waals surface area contributed by atoms with Crippen molar-refractivity contribution in [2.45, 2.75) is 39.2 Å². The number of nitrogens with one attached hydrogen (secondary N) is 2. The van der Waals surface area contributed by atoms with E-state index in [0.717, 1.165) is 12.8 Å². The summed E-state index contributed by atoms with van der Waals surface area (Å²) in [5.41, 5.74) is 7.52. The minimum absolute atomic E-state index is 0.0598. The van der Waals surface area contributed by atoms with Gasteiger partial charge in [-0.3, -0.25) is 25.2 Å². The molecular formula is C24H23BrFN3O3. The van der Waals surface area contributed by atoms with Crippen LogP contribution in [0.4, 0.5) is 10.1 Å². The molecule has 8 heteroatoms. The Kier molecular flexibility index (Phi) is 6.15. The van der Waals surface area contributed by atoms with Crippen molar-refractivity contribution in [3.63, 3.8) is 0 Å². The first kappa shape index (κ1) is 22.2. The predicted molar refractivity (Wildman–Crippen MR) is 123 cm³/mol. The third kappa shape index (κ3) is 4.32. The van der Waals surface area contributed by atoms with Crippen LogP contribution in [0, 0.1) is 18.7 Å². The Labute approximate surface area is 194 Å². The molecule has 1 heterocycles. The average molecular weight is 500 g/mol. The molecule has 0 bridgehead atoms. The minimum atomic E-state index is -0.551. The number of amides is 3. The molecule has 6 nitrogen and oxygen atoms in total. The molecule has 2 aromatic rings. The van der Waals surface area contributed by atoms with Crippen molar-refractivity contribution in [1.29, 1.82) is 0 Å². The lowest BCUT2D eigenvalue weighted by Gasteiger charge is -2.30. The minimum Gasteiger partial charge on any atom is -0.304 e. The summed E-state index contributed by atoms with van der Waals surface area (Å²) in [6.45, 7) is 3.51. The molecule has 1 unspecified atom stereocenters. The van der Waals surface area contributed by atoms with Crippen LogP contribution in [0.3, 0.4) is 0 Å². The lowest BCUT2D eigenvalue weighted by atomic mass is 10.0. The number of aryl methyl sites for hydroxylation is 1. The smallest absolute Gasteiger partial charge is 0.267 e. The van der Waals surface area contributed by atoms with Crippen LogP contribution in [0.25, 0.3) is 4.48 Å². The highest BCUT2D eigenvalue weighted by Crippen LogP contribution is 2.41. The number of carbonyl (C=O) groups excluding carboxylic acids is 3. The molecule has 1 saturated carbocycles. The molecule has 166 valence electrons. The van der Waals surface area contributed by atoms with Gasteiger partial charge in [-0.2, -0.15) is 0 Å². The summed E-state index contributed by atoms with van der Waals surface area (Å²) in [6, 6.07) is 11.7. The van der Waals surface area contributed by atoms with E-state index in [4.69, 9.17) is 0 Å². The number of hydrazine groups is 1. The largest absolute Gasteiger partial charge is 0.304 e. The quantitative estimate of drug-likeness (QED) is 0.615. The highest BCUT2D eigenvalue weighted by molar-refractivity contribution is 9.15.